The predicted octanol–water partition coefficient (Wildman–Crippen LogP) is 4.74. The molecule has 3 aromatic carbocycles. The topological polar surface area (TPSA) is 91.3 Å². The largest absolute Gasteiger partial charge is 0.392 e. The highest BCUT2D eigenvalue weighted by Gasteiger charge is 2.34. The second kappa shape index (κ2) is 12.4. The van der Waals surface area contributed by atoms with Crippen molar-refractivity contribution in [2.75, 3.05) is 18.9 Å². The van der Waals surface area contributed by atoms with Crippen molar-refractivity contribution in [3.05, 3.63) is 101 Å². The molecule has 196 valence electrons. The van der Waals surface area contributed by atoms with E-state index in [1.54, 1.807) is 0 Å². The lowest BCUT2D eigenvalue weighted by Gasteiger charge is -2.39. The van der Waals surface area contributed by atoms with Gasteiger partial charge in [-0.05, 0) is 42.8 Å². The van der Waals surface area contributed by atoms with Gasteiger partial charge in [0.05, 0.1) is 24.9 Å². The Bertz CT molecular complexity index is 1150. The molecule has 0 saturated carbocycles. The van der Waals surface area contributed by atoms with E-state index in [4.69, 9.17) is 9.47 Å². The van der Waals surface area contributed by atoms with Crippen LogP contribution in [0.15, 0.2) is 78.9 Å². The Morgan fingerprint density at radius 2 is 1.76 bits per heavy atom. The van der Waals surface area contributed by atoms with Gasteiger partial charge in [0.2, 0.25) is 5.91 Å². The summed E-state index contributed by atoms with van der Waals surface area (Å²) in [5.74, 6) is -0.144. The first kappa shape index (κ1) is 27.0. The van der Waals surface area contributed by atoms with E-state index in [0.29, 0.717) is 18.7 Å². The van der Waals surface area contributed by atoms with Gasteiger partial charge in [0.15, 0.2) is 6.29 Å². The van der Waals surface area contributed by atoms with Gasteiger partial charge in [-0.15, -0.1) is 0 Å². The Morgan fingerprint density at radius 1 is 1.03 bits per heavy atom. The molecule has 1 fully saturated rings. The minimum Gasteiger partial charge on any atom is -0.392 e. The van der Waals surface area contributed by atoms with Gasteiger partial charge in [0, 0.05) is 37.2 Å². The van der Waals surface area contributed by atoms with Crippen LogP contribution in [0.1, 0.15) is 61.0 Å². The number of carbonyl (C=O) groups is 1. The summed E-state index contributed by atoms with van der Waals surface area (Å²) in [6.45, 7) is 4.07. The monoisotopic (exact) mass is 504 g/mol. The van der Waals surface area contributed by atoms with Crippen LogP contribution < -0.4 is 5.32 Å². The molecule has 5 atom stereocenters. The third-order valence-electron chi connectivity index (χ3n) is 6.88. The molecule has 0 radical (unpaired) electrons. The highest BCUT2D eigenvalue weighted by molar-refractivity contribution is 5.88. The molecule has 1 aliphatic heterocycles. The van der Waals surface area contributed by atoms with Crippen LogP contribution in [0.4, 0.5) is 5.69 Å². The van der Waals surface area contributed by atoms with Crippen molar-refractivity contribution in [2.45, 2.75) is 57.5 Å². The number of ether oxygens (including phenoxy) is 2. The molecule has 37 heavy (non-hydrogen) atoms. The third-order valence-corrected chi connectivity index (χ3v) is 6.88. The summed E-state index contributed by atoms with van der Waals surface area (Å²) in [7, 11) is 1.99. The van der Waals surface area contributed by atoms with E-state index in [1.807, 2.05) is 92.8 Å². The number of nitrogens with one attached hydrogen (secondary N) is 1. The minimum atomic E-state index is -0.627. The molecule has 3 aromatic rings. The number of nitrogens with zero attached hydrogens (tertiary/aromatic N) is 1. The SMILES string of the molecule is CC(=O)Nc1cccc([C@H]2O[C@@H](CN(C)[C@@H](C)[C@H](O)c3ccccc3)C[C@@H](c3ccc(CO)cc3)O2)c1. The summed E-state index contributed by atoms with van der Waals surface area (Å²) >= 11 is 0. The number of rotatable bonds is 9. The van der Waals surface area contributed by atoms with E-state index in [2.05, 4.69) is 10.2 Å². The summed E-state index contributed by atoms with van der Waals surface area (Å²) in [6.07, 6.45) is -1.00. The van der Waals surface area contributed by atoms with Gasteiger partial charge in [-0.3, -0.25) is 9.69 Å². The zero-order valence-electron chi connectivity index (χ0n) is 21.6. The Labute approximate surface area is 218 Å². The van der Waals surface area contributed by atoms with E-state index in [1.165, 1.54) is 6.92 Å². The fraction of sp³-hybridized carbons (Fsp3) is 0.367. The van der Waals surface area contributed by atoms with Crippen molar-refractivity contribution in [3.63, 3.8) is 0 Å². The summed E-state index contributed by atoms with van der Waals surface area (Å²) < 4.78 is 12.9. The molecule has 0 spiro atoms. The van der Waals surface area contributed by atoms with E-state index >= 15 is 0 Å². The standard InChI is InChI=1S/C30H36N2O5/c1-20(29(35)24-8-5-4-6-9-24)32(3)18-27-17-28(23-14-12-22(19-33)13-15-23)37-30(36-27)25-10-7-11-26(16-25)31-21(2)34/h4-16,20,27-30,33,35H,17-19H2,1-3H3,(H,31,34)/t20-,27+,28-,29-,30-/m0/s1. The molecular weight excluding hydrogens is 468 g/mol. The maximum atomic E-state index is 11.6. The van der Waals surface area contributed by atoms with Crippen LogP contribution in [0.3, 0.4) is 0 Å². The molecule has 0 bridgehead atoms. The zero-order valence-corrected chi connectivity index (χ0v) is 21.6. The van der Waals surface area contributed by atoms with Crippen LogP contribution in [0.5, 0.6) is 0 Å². The van der Waals surface area contributed by atoms with Crippen molar-refractivity contribution in [1.82, 2.24) is 4.90 Å². The van der Waals surface area contributed by atoms with Crippen LogP contribution >= 0.6 is 0 Å². The number of aliphatic hydroxyl groups is 2. The number of aliphatic hydroxyl groups excluding tert-OH is 2. The van der Waals surface area contributed by atoms with Gasteiger partial charge in [-0.25, -0.2) is 0 Å². The Balaban J connectivity index is 1.54. The third kappa shape index (κ3) is 7.03. The van der Waals surface area contributed by atoms with Gasteiger partial charge >= 0.3 is 0 Å². The van der Waals surface area contributed by atoms with Crippen molar-refractivity contribution in [1.29, 1.82) is 0 Å². The summed E-state index contributed by atoms with van der Waals surface area (Å²) in [4.78, 5) is 13.7. The van der Waals surface area contributed by atoms with Gasteiger partial charge in [-0.2, -0.15) is 0 Å². The number of anilines is 1. The number of hydrogen-bond acceptors (Lipinski definition) is 6. The summed E-state index contributed by atoms with van der Waals surface area (Å²) in [5.41, 5.74) is 4.22. The minimum absolute atomic E-state index is 0.0114. The van der Waals surface area contributed by atoms with Crippen LogP contribution in [0.25, 0.3) is 0 Å². The maximum Gasteiger partial charge on any atom is 0.221 e. The molecule has 0 unspecified atom stereocenters. The average Bonchev–Trinajstić information content (AvgIpc) is 2.92. The molecular formula is C30H36N2O5. The molecule has 7 heteroatoms. The fourth-order valence-corrected chi connectivity index (χ4v) is 4.66. The van der Waals surface area contributed by atoms with Crippen LogP contribution in [0, 0.1) is 0 Å². The predicted molar refractivity (Wildman–Crippen MR) is 143 cm³/mol. The first-order chi connectivity index (χ1) is 17.8. The molecule has 3 N–H and O–H groups in total. The number of hydrogen-bond donors (Lipinski definition) is 3. The molecule has 1 heterocycles. The van der Waals surface area contributed by atoms with Crippen LogP contribution in [0.2, 0.25) is 0 Å². The maximum absolute atomic E-state index is 11.6. The van der Waals surface area contributed by atoms with Gasteiger partial charge in [-0.1, -0.05) is 66.7 Å². The van der Waals surface area contributed by atoms with Crippen molar-refractivity contribution in [2.24, 2.45) is 0 Å². The fourth-order valence-electron chi connectivity index (χ4n) is 4.66. The van der Waals surface area contributed by atoms with Gasteiger partial charge in [0.1, 0.15) is 0 Å². The lowest BCUT2D eigenvalue weighted by molar-refractivity contribution is -0.253. The Kier molecular flexibility index (Phi) is 9.08. The molecule has 4 rings (SSSR count). The molecule has 7 nitrogen and oxygen atoms in total. The van der Waals surface area contributed by atoms with Crippen molar-refractivity contribution < 1.29 is 24.5 Å². The molecule has 0 aromatic heterocycles. The smallest absolute Gasteiger partial charge is 0.221 e. The average molecular weight is 505 g/mol. The molecule has 0 aliphatic carbocycles. The Hall–Kier alpha value is -3.07. The van der Waals surface area contributed by atoms with Crippen molar-refractivity contribution >= 4 is 11.6 Å². The number of benzene rings is 3. The lowest BCUT2D eigenvalue weighted by Crippen LogP contribution is -2.43. The van der Waals surface area contributed by atoms with E-state index < -0.39 is 12.4 Å². The molecule has 1 amide bonds. The second-order valence-corrected chi connectivity index (χ2v) is 9.69. The molecule has 1 aliphatic rings. The van der Waals surface area contributed by atoms with Gasteiger partial charge in [0.25, 0.3) is 0 Å². The highest BCUT2D eigenvalue weighted by Crippen LogP contribution is 2.39. The second-order valence-electron chi connectivity index (χ2n) is 9.69. The zero-order chi connectivity index (χ0) is 26.4. The van der Waals surface area contributed by atoms with Gasteiger partial charge < -0.3 is 25.0 Å². The Morgan fingerprint density at radius 3 is 2.43 bits per heavy atom. The first-order valence-corrected chi connectivity index (χ1v) is 12.7. The summed E-state index contributed by atoms with van der Waals surface area (Å²) in [5, 5.41) is 23.2. The van der Waals surface area contributed by atoms with E-state index in [-0.39, 0.29) is 30.8 Å². The number of carbonyl (C=O) groups excluding carboxylic acids is 1. The van der Waals surface area contributed by atoms with Crippen LogP contribution in [-0.2, 0) is 20.9 Å². The lowest BCUT2D eigenvalue weighted by atomic mass is 9.98. The van der Waals surface area contributed by atoms with E-state index in [0.717, 1.165) is 22.3 Å². The number of amides is 1. The first-order valence-electron chi connectivity index (χ1n) is 12.7. The van der Waals surface area contributed by atoms with E-state index in [9.17, 15) is 15.0 Å². The van der Waals surface area contributed by atoms with Crippen molar-refractivity contribution in [3.8, 4) is 0 Å². The quantitative estimate of drug-likeness (QED) is 0.390. The number of likely N-dealkylation sites (N-methyl/N-ethyl adjacent to an activating group) is 1. The molecule has 1 saturated heterocycles. The highest BCUT2D eigenvalue weighted by atomic mass is 16.7. The normalized spacial score (nSPS) is 21.4. The summed E-state index contributed by atoms with van der Waals surface area (Å²) in [6, 6.07) is 24.8. The van der Waals surface area contributed by atoms with Crippen LogP contribution in [-0.4, -0.2) is 46.8 Å².